The zero-order valence-corrected chi connectivity index (χ0v) is 19.9. The van der Waals surface area contributed by atoms with Crippen molar-refractivity contribution in [2.75, 3.05) is 0 Å². The van der Waals surface area contributed by atoms with Crippen LogP contribution < -0.4 is 0 Å². The number of amides is 1. The van der Waals surface area contributed by atoms with Crippen LogP contribution in [0.3, 0.4) is 0 Å². The highest BCUT2D eigenvalue weighted by molar-refractivity contribution is 8.01. The third kappa shape index (κ3) is 4.20. The maximum Gasteiger partial charge on any atom is 0.330 e. The number of carbonyl (C=O) groups excluding carboxylic acids is 2. The molecule has 2 aromatic rings. The van der Waals surface area contributed by atoms with Gasteiger partial charge in [0.15, 0.2) is 0 Å². The van der Waals surface area contributed by atoms with Crippen molar-refractivity contribution >= 4 is 57.7 Å². The van der Waals surface area contributed by atoms with Gasteiger partial charge >= 0.3 is 5.97 Å². The van der Waals surface area contributed by atoms with Gasteiger partial charge in [-0.1, -0.05) is 53.5 Å². The van der Waals surface area contributed by atoms with Crippen LogP contribution in [-0.4, -0.2) is 48.0 Å². The van der Waals surface area contributed by atoms with E-state index in [0.717, 1.165) is 5.56 Å². The number of nitrogens with zero attached hydrogens (tertiary/aromatic N) is 3. The molecule has 0 radical (unpaired) electrons. The fraction of sp³-hybridized carbons (Fsp3) is 0.318. The van der Waals surface area contributed by atoms with Crippen LogP contribution in [0.15, 0.2) is 59.6 Å². The number of thioether (sulfide) groups is 1. The number of nitro groups is 1. The Hall–Kier alpha value is -2.62. The van der Waals surface area contributed by atoms with Gasteiger partial charge in [-0.05, 0) is 31.5 Å². The van der Waals surface area contributed by atoms with E-state index in [1.54, 1.807) is 0 Å². The summed E-state index contributed by atoms with van der Waals surface area (Å²) in [6.45, 7) is 3.78. The van der Waals surface area contributed by atoms with Gasteiger partial charge in [0.1, 0.15) is 23.2 Å². The second-order valence-electron chi connectivity index (χ2n) is 8.16. The van der Waals surface area contributed by atoms with Crippen molar-refractivity contribution in [2.45, 2.75) is 41.6 Å². The summed E-state index contributed by atoms with van der Waals surface area (Å²) in [5, 5.41) is 10.2. The molecule has 0 aromatic heterocycles. The molecule has 2 fully saturated rings. The van der Waals surface area contributed by atoms with Crippen molar-refractivity contribution in [1.82, 2.24) is 4.90 Å². The van der Waals surface area contributed by atoms with E-state index in [-0.39, 0.29) is 17.5 Å². The summed E-state index contributed by atoms with van der Waals surface area (Å²) in [5.41, 5.74) is 1.13. The zero-order valence-electron chi connectivity index (χ0n) is 17.6. The number of aliphatic imine (C=N–C) groups is 1. The molecule has 1 amide bonds. The maximum absolute atomic E-state index is 13.1. The first-order valence-corrected chi connectivity index (χ1v) is 11.6. The van der Waals surface area contributed by atoms with E-state index in [0.29, 0.717) is 5.56 Å². The summed E-state index contributed by atoms with van der Waals surface area (Å²) >= 11 is 14.3. The lowest BCUT2D eigenvalue weighted by atomic mass is 9.95. The molecule has 2 aromatic carbocycles. The fourth-order valence-corrected chi connectivity index (χ4v) is 6.10. The molecule has 0 N–H and O–H groups in total. The summed E-state index contributed by atoms with van der Waals surface area (Å²) in [7, 11) is 0. The van der Waals surface area contributed by atoms with Gasteiger partial charge in [0, 0.05) is 22.4 Å². The van der Waals surface area contributed by atoms with Crippen LogP contribution in [0.5, 0.6) is 0 Å². The minimum atomic E-state index is -1.69. The van der Waals surface area contributed by atoms with E-state index in [9.17, 15) is 19.7 Å². The Morgan fingerprint density at radius 1 is 1.21 bits per heavy atom. The van der Waals surface area contributed by atoms with Crippen molar-refractivity contribution in [2.24, 2.45) is 4.99 Å². The second-order valence-corrected chi connectivity index (χ2v) is 10.8. The van der Waals surface area contributed by atoms with Crippen molar-refractivity contribution in [3.8, 4) is 0 Å². The third-order valence-corrected chi connectivity index (χ3v) is 8.00. The predicted molar refractivity (Wildman–Crippen MR) is 126 cm³/mol. The molecule has 8 nitrogen and oxygen atoms in total. The number of benzene rings is 2. The minimum absolute atomic E-state index is 0.0543. The van der Waals surface area contributed by atoms with E-state index in [2.05, 4.69) is 4.99 Å². The van der Waals surface area contributed by atoms with Crippen LogP contribution in [0.2, 0.25) is 0 Å². The molecule has 172 valence electrons. The van der Waals surface area contributed by atoms with Crippen LogP contribution in [0, 0.1) is 10.1 Å². The molecule has 2 aliphatic heterocycles. The van der Waals surface area contributed by atoms with Crippen molar-refractivity contribution in [3.05, 3.63) is 75.8 Å². The summed E-state index contributed by atoms with van der Waals surface area (Å²) in [6.07, 6.45) is 0. The van der Waals surface area contributed by atoms with Crippen molar-refractivity contribution in [3.63, 3.8) is 0 Å². The number of carbonyl (C=O) groups is 2. The number of hydrogen-bond donors (Lipinski definition) is 0. The molecule has 3 atom stereocenters. The molecule has 0 saturated carbocycles. The molecule has 2 aliphatic rings. The fourth-order valence-electron chi connectivity index (χ4n) is 3.82. The van der Waals surface area contributed by atoms with E-state index >= 15 is 0 Å². The summed E-state index contributed by atoms with van der Waals surface area (Å²) < 4.78 is 4.82. The predicted octanol–water partition coefficient (Wildman–Crippen LogP) is 4.32. The third-order valence-electron chi connectivity index (χ3n) is 5.49. The largest absolute Gasteiger partial charge is 0.459 e. The highest BCUT2D eigenvalue weighted by Gasteiger charge is 2.72. The van der Waals surface area contributed by atoms with Gasteiger partial charge in [-0.25, -0.2) is 9.79 Å². The first kappa shape index (κ1) is 23.5. The maximum atomic E-state index is 13.1. The average molecular weight is 508 g/mol. The summed E-state index contributed by atoms with van der Waals surface area (Å²) in [4.78, 5) is 40.3. The minimum Gasteiger partial charge on any atom is -0.459 e. The number of β-lactam (4-membered cyclic amide) rings is 1. The van der Waals surface area contributed by atoms with Gasteiger partial charge in [-0.3, -0.25) is 14.9 Å². The number of hydrogen-bond acceptors (Lipinski definition) is 7. The van der Waals surface area contributed by atoms with E-state index in [1.807, 2.05) is 44.2 Å². The number of non-ortho nitro benzene ring substituents is 1. The molecule has 2 heterocycles. The Kier molecular flexibility index (Phi) is 6.15. The van der Waals surface area contributed by atoms with Gasteiger partial charge in [0.25, 0.3) is 11.6 Å². The molecule has 1 unspecified atom stereocenters. The number of rotatable bonds is 6. The van der Waals surface area contributed by atoms with Gasteiger partial charge < -0.3 is 9.64 Å². The molecule has 33 heavy (non-hydrogen) atoms. The number of fused-ring (bicyclic) bond motifs is 1. The number of halogens is 2. The average Bonchev–Trinajstić information content (AvgIpc) is 3.07. The molecule has 0 spiro atoms. The summed E-state index contributed by atoms with van der Waals surface area (Å²) in [6, 6.07) is 13.9. The van der Waals surface area contributed by atoms with E-state index < -0.39 is 38.0 Å². The number of esters is 1. The lowest BCUT2D eigenvalue weighted by molar-refractivity contribution is -0.384. The van der Waals surface area contributed by atoms with Gasteiger partial charge in [-0.15, -0.1) is 11.8 Å². The molecular formula is C22H19Cl2N3O5S. The molecule has 4 rings (SSSR count). The Labute approximate surface area is 204 Å². The smallest absolute Gasteiger partial charge is 0.330 e. The molecular weight excluding hydrogens is 489 g/mol. The SMILES string of the molecule is CC1(C)S[C@H]2N(C(=O)C2(Cl)N=C(Cl)c2ccc([N+](=O)[O-])cc2)[C@H]1C(=O)OCc1ccccc1. The Bertz CT molecular complexity index is 1140. The van der Waals surface area contributed by atoms with Crippen LogP contribution in [0.25, 0.3) is 0 Å². The molecule has 0 bridgehead atoms. The zero-order chi connectivity index (χ0) is 24.0. The van der Waals surface area contributed by atoms with Crippen LogP contribution in [0.4, 0.5) is 5.69 Å². The van der Waals surface area contributed by atoms with Crippen LogP contribution in [0.1, 0.15) is 25.0 Å². The van der Waals surface area contributed by atoms with Crippen LogP contribution in [-0.2, 0) is 20.9 Å². The summed E-state index contributed by atoms with van der Waals surface area (Å²) in [5.74, 6) is -1.06. The van der Waals surface area contributed by atoms with Gasteiger partial charge in [0.2, 0.25) is 5.00 Å². The number of alkyl halides is 1. The Morgan fingerprint density at radius 3 is 2.45 bits per heavy atom. The van der Waals surface area contributed by atoms with Crippen LogP contribution >= 0.6 is 35.0 Å². The molecule has 2 saturated heterocycles. The highest BCUT2D eigenvalue weighted by Crippen LogP contribution is 2.58. The van der Waals surface area contributed by atoms with E-state index in [4.69, 9.17) is 27.9 Å². The Balaban J connectivity index is 1.52. The first-order valence-electron chi connectivity index (χ1n) is 9.95. The quantitative estimate of drug-likeness (QED) is 0.110. The molecule has 0 aliphatic carbocycles. The lowest BCUT2D eigenvalue weighted by Gasteiger charge is -2.47. The van der Waals surface area contributed by atoms with Crippen molar-refractivity contribution in [1.29, 1.82) is 0 Å². The highest BCUT2D eigenvalue weighted by atomic mass is 35.5. The van der Waals surface area contributed by atoms with Crippen molar-refractivity contribution < 1.29 is 19.2 Å². The lowest BCUT2D eigenvalue weighted by Crippen LogP contribution is -2.70. The first-order chi connectivity index (χ1) is 15.5. The number of nitro benzene ring substituents is 1. The van der Waals surface area contributed by atoms with E-state index in [1.165, 1.54) is 40.9 Å². The monoisotopic (exact) mass is 507 g/mol. The topological polar surface area (TPSA) is 102 Å². The number of ether oxygens (including phenoxy) is 1. The normalized spacial score (nSPS) is 25.9. The Morgan fingerprint density at radius 2 is 1.85 bits per heavy atom. The standard InChI is InChI=1S/C22H19Cl2N3O5S/c1-21(2)16(18(28)32-12-13-6-4-3-5-7-13)26-19(29)22(24,20(26)33-21)25-17(23)14-8-10-15(11-9-14)27(30)31/h3-11,16,20H,12H2,1-2H3/t16-,20+,22?/m0/s1. The second kappa shape index (κ2) is 8.62. The molecule has 11 heteroatoms. The van der Waals surface area contributed by atoms with Gasteiger partial charge in [0.05, 0.1) is 4.92 Å². The van der Waals surface area contributed by atoms with Gasteiger partial charge in [-0.2, -0.15) is 0 Å².